The first kappa shape index (κ1) is 11.6. The summed E-state index contributed by atoms with van der Waals surface area (Å²) in [5.41, 5.74) is 8.56. The SMILES string of the molecule is CC.CC1=C(N)C(C)N2CCCC2C1. The Hall–Kier alpha value is -0.500. The van der Waals surface area contributed by atoms with Crippen molar-refractivity contribution in [3.8, 4) is 0 Å². The molecule has 0 spiro atoms. The van der Waals surface area contributed by atoms with Gasteiger partial charge in [-0.25, -0.2) is 0 Å². The summed E-state index contributed by atoms with van der Waals surface area (Å²) < 4.78 is 0. The van der Waals surface area contributed by atoms with Crippen molar-refractivity contribution in [3.05, 3.63) is 11.3 Å². The predicted molar refractivity (Wildman–Crippen MR) is 62.0 cm³/mol. The second-order valence-corrected chi connectivity index (χ2v) is 4.15. The van der Waals surface area contributed by atoms with Crippen LogP contribution in [-0.2, 0) is 0 Å². The highest BCUT2D eigenvalue weighted by Crippen LogP contribution is 2.32. The van der Waals surface area contributed by atoms with Gasteiger partial charge in [-0.2, -0.15) is 0 Å². The van der Waals surface area contributed by atoms with Gasteiger partial charge < -0.3 is 5.73 Å². The van der Waals surface area contributed by atoms with E-state index in [1.54, 1.807) is 0 Å². The lowest BCUT2D eigenvalue weighted by atomic mass is 9.95. The molecule has 82 valence electrons. The zero-order valence-electron chi connectivity index (χ0n) is 10.0. The first-order valence-electron chi connectivity index (χ1n) is 5.91. The van der Waals surface area contributed by atoms with Gasteiger partial charge >= 0.3 is 0 Å². The van der Waals surface area contributed by atoms with Gasteiger partial charge in [0.2, 0.25) is 0 Å². The highest BCUT2D eigenvalue weighted by molar-refractivity contribution is 5.20. The standard InChI is InChI=1S/C10H18N2.C2H6/c1-7-6-9-4-3-5-12(9)8(2)10(7)11;1-2/h8-9H,3-6,11H2,1-2H3;1-2H3. The summed E-state index contributed by atoms with van der Waals surface area (Å²) in [5, 5.41) is 0. The Bertz CT molecular complexity index is 220. The summed E-state index contributed by atoms with van der Waals surface area (Å²) in [6, 6.07) is 1.29. The van der Waals surface area contributed by atoms with Gasteiger partial charge in [-0.15, -0.1) is 0 Å². The van der Waals surface area contributed by atoms with E-state index < -0.39 is 0 Å². The van der Waals surface area contributed by atoms with Crippen LogP contribution >= 0.6 is 0 Å². The van der Waals surface area contributed by atoms with Crippen molar-refractivity contribution in [1.82, 2.24) is 4.90 Å². The minimum Gasteiger partial charge on any atom is -0.401 e. The minimum atomic E-state index is 0.492. The molecule has 0 saturated carbocycles. The first-order chi connectivity index (χ1) is 6.70. The maximum absolute atomic E-state index is 6.02. The molecule has 2 heteroatoms. The van der Waals surface area contributed by atoms with E-state index in [0.717, 1.165) is 11.7 Å². The average molecular weight is 196 g/mol. The molecule has 2 heterocycles. The van der Waals surface area contributed by atoms with Crippen LogP contribution in [0, 0.1) is 0 Å². The smallest absolute Gasteiger partial charge is 0.0467 e. The topological polar surface area (TPSA) is 29.3 Å². The largest absolute Gasteiger partial charge is 0.401 e. The van der Waals surface area contributed by atoms with E-state index >= 15 is 0 Å². The molecule has 0 radical (unpaired) electrons. The molecule has 1 fully saturated rings. The van der Waals surface area contributed by atoms with Crippen molar-refractivity contribution < 1.29 is 0 Å². The lowest BCUT2D eigenvalue weighted by molar-refractivity contribution is 0.195. The Balaban J connectivity index is 0.000000461. The van der Waals surface area contributed by atoms with Crippen molar-refractivity contribution >= 4 is 0 Å². The number of hydrogen-bond acceptors (Lipinski definition) is 2. The molecule has 2 atom stereocenters. The number of nitrogens with zero attached hydrogens (tertiary/aromatic N) is 1. The number of rotatable bonds is 0. The molecule has 0 amide bonds. The van der Waals surface area contributed by atoms with E-state index in [4.69, 9.17) is 5.73 Å². The third-order valence-electron chi connectivity index (χ3n) is 3.40. The van der Waals surface area contributed by atoms with Crippen LogP contribution in [0.3, 0.4) is 0 Å². The van der Waals surface area contributed by atoms with Crippen LogP contribution in [0.5, 0.6) is 0 Å². The average Bonchev–Trinajstić information content (AvgIpc) is 2.65. The van der Waals surface area contributed by atoms with E-state index in [9.17, 15) is 0 Å². The molecular formula is C12H24N2. The molecule has 0 bridgehead atoms. The number of fused-ring (bicyclic) bond motifs is 1. The summed E-state index contributed by atoms with van der Waals surface area (Å²) >= 11 is 0. The Labute approximate surface area is 88.2 Å². The van der Waals surface area contributed by atoms with Gasteiger partial charge in [0.1, 0.15) is 0 Å². The normalized spacial score (nSPS) is 32.3. The van der Waals surface area contributed by atoms with E-state index in [2.05, 4.69) is 18.7 Å². The van der Waals surface area contributed by atoms with Crippen LogP contribution in [0.2, 0.25) is 0 Å². The number of nitrogens with two attached hydrogens (primary N) is 1. The Morgan fingerprint density at radius 2 is 2.00 bits per heavy atom. The molecule has 2 rings (SSSR count). The van der Waals surface area contributed by atoms with Crippen molar-refractivity contribution in [1.29, 1.82) is 0 Å². The second kappa shape index (κ2) is 4.83. The lowest BCUT2D eigenvalue weighted by Gasteiger charge is -2.36. The monoisotopic (exact) mass is 196 g/mol. The van der Waals surface area contributed by atoms with Crippen molar-refractivity contribution in [2.75, 3.05) is 6.54 Å². The van der Waals surface area contributed by atoms with Crippen LogP contribution in [-0.4, -0.2) is 23.5 Å². The van der Waals surface area contributed by atoms with Gasteiger partial charge in [-0.3, -0.25) is 4.90 Å². The molecule has 2 aliphatic rings. The lowest BCUT2D eigenvalue weighted by Crippen LogP contribution is -2.44. The molecule has 0 aromatic heterocycles. The van der Waals surface area contributed by atoms with Crippen LogP contribution in [0.1, 0.15) is 47.0 Å². The predicted octanol–water partition coefficient (Wildman–Crippen LogP) is 2.50. The van der Waals surface area contributed by atoms with E-state index in [1.807, 2.05) is 13.8 Å². The first-order valence-corrected chi connectivity index (χ1v) is 5.91. The molecule has 2 unspecified atom stereocenters. The highest BCUT2D eigenvalue weighted by Gasteiger charge is 2.33. The van der Waals surface area contributed by atoms with Crippen LogP contribution in [0.25, 0.3) is 0 Å². The number of hydrogen-bond donors (Lipinski definition) is 1. The van der Waals surface area contributed by atoms with Crippen LogP contribution in [0.4, 0.5) is 0 Å². The summed E-state index contributed by atoms with van der Waals surface area (Å²) in [7, 11) is 0. The molecular weight excluding hydrogens is 172 g/mol. The summed E-state index contributed by atoms with van der Waals surface area (Å²) in [6.07, 6.45) is 3.93. The van der Waals surface area contributed by atoms with Gasteiger partial charge in [0.05, 0.1) is 0 Å². The Morgan fingerprint density at radius 1 is 1.36 bits per heavy atom. The Morgan fingerprint density at radius 3 is 2.64 bits per heavy atom. The van der Waals surface area contributed by atoms with Gasteiger partial charge in [0.15, 0.2) is 0 Å². The Kier molecular flexibility index (Phi) is 3.99. The van der Waals surface area contributed by atoms with E-state index in [0.29, 0.717) is 6.04 Å². The maximum atomic E-state index is 6.02. The fourth-order valence-corrected chi connectivity index (χ4v) is 2.59. The maximum Gasteiger partial charge on any atom is 0.0467 e. The van der Waals surface area contributed by atoms with Gasteiger partial charge in [0.25, 0.3) is 0 Å². The fraction of sp³-hybridized carbons (Fsp3) is 0.833. The fourth-order valence-electron chi connectivity index (χ4n) is 2.59. The molecule has 0 aliphatic carbocycles. The minimum absolute atomic E-state index is 0.492. The van der Waals surface area contributed by atoms with Crippen molar-refractivity contribution in [3.63, 3.8) is 0 Å². The van der Waals surface area contributed by atoms with E-state index in [-0.39, 0.29) is 0 Å². The molecule has 2 N–H and O–H groups in total. The second-order valence-electron chi connectivity index (χ2n) is 4.15. The quantitative estimate of drug-likeness (QED) is 0.645. The third kappa shape index (κ3) is 1.95. The van der Waals surface area contributed by atoms with Crippen molar-refractivity contribution in [2.45, 2.75) is 59.0 Å². The van der Waals surface area contributed by atoms with Crippen LogP contribution in [0.15, 0.2) is 11.3 Å². The van der Waals surface area contributed by atoms with E-state index in [1.165, 1.54) is 31.4 Å². The molecule has 2 aliphatic heterocycles. The summed E-state index contributed by atoms with van der Waals surface area (Å²) in [5.74, 6) is 0. The molecule has 1 saturated heterocycles. The third-order valence-corrected chi connectivity index (χ3v) is 3.40. The zero-order chi connectivity index (χ0) is 10.7. The molecule has 2 nitrogen and oxygen atoms in total. The molecule has 14 heavy (non-hydrogen) atoms. The van der Waals surface area contributed by atoms with Crippen LogP contribution < -0.4 is 5.73 Å². The van der Waals surface area contributed by atoms with Gasteiger partial charge in [0, 0.05) is 17.8 Å². The van der Waals surface area contributed by atoms with Gasteiger partial charge in [-0.1, -0.05) is 19.4 Å². The summed E-state index contributed by atoms with van der Waals surface area (Å²) in [6.45, 7) is 9.66. The van der Waals surface area contributed by atoms with Crippen molar-refractivity contribution in [2.24, 2.45) is 5.73 Å². The van der Waals surface area contributed by atoms with Gasteiger partial charge in [-0.05, 0) is 39.7 Å². The zero-order valence-corrected chi connectivity index (χ0v) is 10.0. The molecule has 0 aromatic carbocycles. The summed E-state index contributed by atoms with van der Waals surface area (Å²) in [4.78, 5) is 2.56. The molecule has 0 aromatic rings. The highest BCUT2D eigenvalue weighted by atomic mass is 15.2.